The SMILES string of the molecule is CC(C)c1ccc(NC(=O)[C@H](C)Nc2ccc(N3CCCC3)cc2)cc1. The van der Waals surface area contributed by atoms with Gasteiger partial charge in [-0.2, -0.15) is 0 Å². The monoisotopic (exact) mass is 351 g/mol. The zero-order valence-electron chi connectivity index (χ0n) is 16.0. The number of rotatable bonds is 6. The smallest absolute Gasteiger partial charge is 0.246 e. The molecular formula is C22H29N3O. The fraction of sp³-hybridized carbons (Fsp3) is 0.409. The molecule has 1 aliphatic rings. The molecule has 138 valence electrons. The van der Waals surface area contributed by atoms with Gasteiger partial charge in [0, 0.05) is 30.2 Å². The third-order valence-electron chi connectivity index (χ3n) is 4.96. The van der Waals surface area contributed by atoms with E-state index in [0.29, 0.717) is 5.92 Å². The highest BCUT2D eigenvalue weighted by Crippen LogP contribution is 2.22. The van der Waals surface area contributed by atoms with Gasteiger partial charge in [0.15, 0.2) is 0 Å². The molecule has 2 N–H and O–H groups in total. The first-order valence-electron chi connectivity index (χ1n) is 9.55. The Balaban J connectivity index is 1.55. The van der Waals surface area contributed by atoms with Crippen molar-refractivity contribution in [1.82, 2.24) is 0 Å². The van der Waals surface area contributed by atoms with E-state index in [-0.39, 0.29) is 11.9 Å². The lowest BCUT2D eigenvalue weighted by atomic mass is 10.0. The average Bonchev–Trinajstić information content (AvgIpc) is 3.17. The highest BCUT2D eigenvalue weighted by molar-refractivity contribution is 5.96. The minimum absolute atomic E-state index is 0.0362. The number of carbonyl (C=O) groups is 1. The first-order valence-corrected chi connectivity index (χ1v) is 9.55. The second-order valence-corrected chi connectivity index (χ2v) is 7.37. The fourth-order valence-corrected chi connectivity index (χ4v) is 3.26. The van der Waals surface area contributed by atoms with Crippen molar-refractivity contribution in [2.24, 2.45) is 0 Å². The molecule has 0 aliphatic carbocycles. The van der Waals surface area contributed by atoms with Crippen LogP contribution in [0.15, 0.2) is 48.5 Å². The summed E-state index contributed by atoms with van der Waals surface area (Å²) in [7, 11) is 0. The Hall–Kier alpha value is -2.49. The van der Waals surface area contributed by atoms with Crippen molar-refractivity contribution in [1.29, 1.82) is 0 Å². The summed E-state index contributed by atoms with van der Waals surface area (Å²) >= 11 is 0. The lowest BCUT2D eigenvalue weighted by Crippen LogP contribution is -2.31. The minimum atomic E-state index is -0.308. The zero-order valence-corrected chi connectivity index (χ0v) is 16.0. The third-order valence-corrected chi connectivity index (χ3v) is 4.96. The first-order chi connectivity index (χ1) is 12.5. The Morgan fingerprint density at radius 2 is 1.46 bits per heavy atom. The van der Waals surface area contributed by atoms with E-state index >= 15 is 0 Å². The van der Waals surface area contributed by atoms with Gasteiger partial charge >= 0.3 is 0 Å². The lowest BCUT2D eigenvalue weighted by Gasteiger charge is -2.19. The Morgan fingerprint density at radius 1 is 0.885 bits per heavy atom. The van der Waals surface area contributed by atoms with Crippen molar-refractivity contribution in [3.63, 3.8) is 0 Å². The molecule has 0 spiro atoms. The van der Waals surface area contributed by atoms with Gasteiger partial charge in [-0.15, -0.1) is 0 Å². The van der Waals surface area contributed by atoms with Gasteiger partial charge in [-0.1, -0.05) is 26.0 Å². The maximum atomic E-state index is 12.4. The number of nitrogens with one attached hydrogen (secondary N) is 2. The Labute approximate surface area is 156 Å². The van der Waals surface area contributed by atoms with Gasteiger partial charge in [-0.25, -0.2) is 0 Å². The van der Waals surface area contributed by atoms with E-state index in [1.807, 2.05) is 19.1 Å². The van der Waals surface area contributed by atoms with Gasteiger partial charge in [0.1, 0.15) is 6.04 Å². The highest BCUT2D eigenvalue weighted by Gasteiger charge is 2.14. The molecule has 0 aromatic heterocycles. The average molecular weight is 351 g/mol. The standard InChI is InChI=1S/C22H29N3O/c1-16(2)18-6-8-20(9-7-18)24-22(26)17(3)23-19-10-12-21(13-11-19)25-14-4-5-15-25/h6-13,16-17,23H,4-5,14-15H2,1-3H3,(H,24,26)/t17-/m0/s1. The molecule has 0 unspecified atom stereocenters. The van der Waals surface area contributed by atoms with Crippen molar-refractivity contribution < 1.29 is 4.79 Å². The van der Waals surface area contributed by atoms with Gasteiger partial charge < -0.3 is 15.5 Å². The van der Waals surface area contributed by atoms with Crippen LogP contribution in [0.3, 0.4) is 0 Å². The summed E-state index contributed by atoms with van der Waals surface area (Å²) in [6.07, 6.45) is 2.55. The van der Waals surface area contributed by atoms with Crippen molar-refractivity contribution in [2.75, 3.05) is 28.6 Å². The van der Waals surface area contributed by atoms with Crippen LogP contribution < -0.4 is 15.5 Å². The summed E-state index contributed by atoms with van der Waals surface area (Å²) in [5, 5.41) is 6.25. The zero-order chi connectivity index (χ0) is 18.5. The van der Waals surface area contributed by atoms with Crippen LogP contribution in [0.2, 0.25) is 0 Å². The van der Waals surface area contributed by atoms with Crippen LogP contribution in [0.25, 0.3) is 0 Å². The van der Waals surface area contributed by atoms with Crippen LogP contribution in [0, 0.1) is 0 Å². The number of hydrogen-bond donors (Lipinski definition) is 2. The molecule has 0 bridgehead atoms. The maximum Gasteiger partial charge on any atom is 0.246 e. The van der Waals surface area contributed by atoms with E-state index in [1.165, 1.54) is 24.1 Å². The minimum Gasteiger partial charge on any atom is -0.374 e. The fourth-order valence-electron chi connectivity index (χ4n) is 3.26. The number of anilines is 3. The van der Waals surface area contributed by atoms with Crippen molar-refractivity contribution in [3.8, 4) is 0 Å². The predicted octanol–water partition coefficient (Wildman–Crippen LogP) is 4.85. The third kappa shape index (κ3) is 4.57. The molecular weight excluding hydrogens is 322 g/mol. The molecule has 1 atom stereocenters. The van der Waals surface area contributed by atoms with E-state index in [1.54, 1.807) is 0 Å². The van der Waals surface area contributed by atoms with Crippen LogP contribution in [0.4, 0.5) is 17.1 Å². The first kappa shape index (κ1) is 18.3. The Kier molecular flexibility index (Phi) is 5.82. The normalized spacial score (nSPS) is 15.2. The molecule has 1 aliphatic heterocycles. The van der Waals surface area contributed by atoms with Crippen LogP contribution >= 0.6 is 0 Å². The molecule has 2 aromatic carbocycles. The Morgan fingerprint density at radius 3 is 2.04 bits per heavy atom. The van der Waals surface area contributed by atoms with E-state index in [2.05, 4.69) is 65.8 Å². The van der Waals surface area contributed by atoms with E-state index in [4.69, 9.17) is 0 Å². The van der Waals surface area contributed by atoms with Crippen molar-refractivity contribution in [2.45, 2.75) is 45.6 Å². The van der Waals surface area contributed by atoms with Crippen LogP contribution in [-0.4, -0.2) is 25.0 Å². The van der Waals surface area contributed by atoms with Crippen molar-refractivity contribution >= 4 is 23.0 Å². The number of hydrogen-bond acceptors (Lipinski definition) is 3. The molecule has 1 saturated heterocycles. The van der Waals surface area contributed by atoms with Gasteiger partial charge in [-0.05, 0) is 67.6 Å². The summed E-state index contributed by atoms with van der Waals surface area (Å²) < 4.78 is 0. The molecule has 1 fully saturated rings. The largest absolute Gasteiger partial charge is 0.374 e. The molecule has 1 amide bonds. The topological polar surface area (TPSA) is 44.4 Å². The van der Waals surface area contributed by atoms with Gasteiger partial charge in [0.2, 0.25) is 5.91 Å². The highest BCUT2D eigenvalue weighted by atomic mass is 16.2. The second-order valence-electron chi connectivity index (χ2n) is 7.37. The molecule has 0 radical (unpaired) electrons. The van der Waals surface area contributed by atoms with Crippen molar-refractivity contribution in [3.05, 3.63) is 54.1 Å². The number of benzene rings is 2. The molecule has 4 nitrogen and oxygen atoms in total. The summed E-state index contributed by atoms with van der Waals surface area (Å²) in [6.45, 7) is 8.48. The number of nitrogens with zero attached hydrogens (tertiary/aromatic N) is 1. The van der Waals surface area contributed by atoms with E-state index in [0.717, 1.165) is 24.5 Å². The van der Waals surface area contributed by atoms with E-state index in [9.17, 15) is 4.79 Å². The molecule has 3 rings (SSSR count). The summed E-state index contributed by atoms with van der Waals surface area (Å²) in [5.41, 5.74) is 4.32. The summed E-state index contributed by atoms with van der Waals surface area (Å²) in [4.78, 5) is 14.8. The summed E-state index contributed by atoms with van der Waals surface area (Å²) in [6, 6.07) is 16.1. The lowest BCUT2D eigenvalue weighted by molar-refractivity contribution is -0.116. The van der Waals surface area contributed by atoms with Gasteiger partial charge in [0.05, 0.1) is 0 Å². The predicted molar refractivity (Wildman–Crippen MR) is 110 cm³/mol. The number of amides is 1. The van der Waals surface area contributed by atoms with Crippen LogP contribution in [0.1, 0.15) is 45.1 Å². The number of carbonyl (C=O) groups excluding carboxylic acids is 1. The molecule has 26 heavy (non-hydrogen) atoms. The maximum absolute atomic E-state index is 12.4. The van der Waals surface area contributed by atoms with E-state index < -0.39 is 0 Å². The van der Waals surface area contributed by atoms with Gasteiger partial charge in [-0.3, -0.25) is 4.79 Å². The van der Waals surface area contributed by atoms with Crippen LogP contribution in [0.5, 0.6) is 0 Å². The van der Waals surface area contributed by atoms with Crippen LogP contribution in [-0.2, 0) is 4.79 Å². The molecule has 2 aromatic rings. The Bertz CT molecular complexity index is 716. The quantitative estimate of drug-likeness (QED) is 0.782. The molecule has 0 saturated carbocycles. The summed E-state index contributed by atoms with van der Waals surface area (Å²) in [5.74, 6) is 0.454. The molecule has 1 heterocycles. The van der Waals surface area contributed by atoms with Gasteiger partial charge in [0.25, 0.3) is 0 Å². The molecule has 4 heteroatoms. The second kappa shape index (κ2) is 8.26.